The van der Waals surface area contributed by atoms with E-state index >= 15 is 0 Å². The van der Waals surface area contributed by atoms with E-state index in [0.29, 0.717) is 0 Å². The lowest BCUT2D eigenvalue weighted by atomic mass is 9.98. The first-order valence-electron chi connectivity index (χ1n) is 6.76. The second kappa shape index (κ2) is 8.12. The van der Waals surface area contributed by atoms with Crippen LogP contribution >= 0.6 is 0 Å². The van der Waals surface area contributed by atoms with Gasteiger partial charge in [0.2, 0.25) is 0 Å². The van der Waals surface area contributed by atoms with Crippen molar-refractivity contribution in [3.63, 3.8) is 0 Å². The number of hydrogen-bond donors (Lipinski definition) is 2. The summed E-state index contributed by atoms with van der Waals surface area (Å²) in [6, 6.07) is 0. The van der Waals surface area contributed by atoms with Crippen LogP contribution in [0.25, 0.3) is 0 Å². The highest BCUT2D eigenvalue weighted by molar-refractivity contribution is 4.75. The van der Waals surface area contributed by atoms with Gasteiger partial charge in [-0.3, -0.25) is 0 Å². The van der Waals surface area contributed by atoms with Crippen LogP contribution in [0.2, 0.25) is 0 Å². The van der Waals surface area contributed by atoms with Gasteiger partial charge in [0, 0.05) is 0 Å². The SMILES string of the molecule is CCCNCCCNCC1CCCC1C. The molecule has 2 N–H and O–H groups in total. The standard InChI is InChI=1S/C13H28N2/c1-3-8-14-9-5-10-15-11-13-7-4-6-12(13)2/h12-15H,3-11H2,1-2H3. The molecule has 0 aromatic heterocycles. The molecule has 1 aliphatic carbocycles. The zero-order chi connectivity index (χ0) is 10.9. The zero-order valence-electron chi connectivity index (χ0n) is 10.5. The van der Waals surface area contributed by atoms with E-state index in [4.69, 9.17) is 0 Å². The molecule has 0 spiro atoms. The van der Waals surface area contributed by atoms with Crippen molar-refractivity contribution in [2.24, 2.45) is 11.8 Å². The predicted octanol–water partition coefficient (Wildman–Crippen LogP) is 2.40. The van der Waals surface area contributed by atoms with Crippen LogP contribution in [-0.4, -0.2) is 26.2 Å². The Bertz CT molecular complexity index is 147. The van der Waals surface area contributed by atoms with Crippen LogP contribution in [0.1, 0.15) is 46.0 Å². The Morgan fingerprint density at radius 1 is 1.07 bits per heavy atom. The quantitative estimate of drug-likeness (QED) is 0.604. The van der Waals surface area contributed by atoms with Crippen molar-refractivity contribution < 1.29 is 0 Å². The van der Waals surface area contributed by atoms with Gasteiger partial charge in [0.25, 0.3) is 0 Å². The molecule has 1 fully saturated rings. The largest absolute Gasteiger partial charge is 0.317 e. The van der Waals surface area contributed by atoms with Gasteiger partial charge in [0.15, 0.2) is 0 Å². The van der Waals surface area contributed by atoms with Crippen molar-refractivity contribution in [3.05, 3.63) is 0 Å². The molecule has 0 aromatic carbocycles. The molecule has 2 unspecified atom stereocenters. The second-order valence-electron chi connectivity index (χ2n) is 4.98. The average molecular weight is 212 g/mol. The molecule has 2 heteroatoms. The number of rotatable bonds is 8. The van der Waals surface area contributed by atoms with Gasteiger partial charge in [-0.15, -0.1) is 0 Å². The predicted molar refractivity (Wildman–Crippen MR) is 67.2 cm³/mol. The maximum Gasteiger partial charge on any atom is -0.00180 e. The minimum Gasteiger partial charge on any atom is -0.317 e. The summed E-state index contributed by atoms with van der Waals surface area (Å²) >= 11 is 0. The first kappa shape index (κ1) is 13.0. The summed E-state index contributed by atoms with van der Waals surface area (Å²) in [4.78, 5) is 0. The third kappa shape index (κ3) is 5.53. The molecular formula is C13H28N2. The first-order chi connectivity index (χ1) is 7.34. The van der Waals surface area contributed by atoms with Crippen LogP contribution < -0.4 is 10.6 Å². The van der Waals surface area contributed by atoms with Crippen molar-refractivity contribution in [2.45, 2.75) is 46.0 Å². The summed E-state index contributed by atoms with van der Waals surface area (Å²) in [7, 11) is 0. The van der Waals surface area contributed by atoms with E-state index in [9.17, 15) is 0 Å². The van der Waals surface area contributed by atoms with Gasteiger partial charge >= 0.3 is 0 Å². The van der Waals surface area contributed by atoms with Gasteiger partial charge in [-0.05, 0) is 57.3 Å². The molecule has 0 aromatic rings. The normalized spacial score (nSPS) is 26.0. The monoisotopic (exact) mass is 212 g/mol. The molecule has 0 heterocycles. The van der Waals surface area contributed by atoms with Crippen molar-refractivity contribution in [1.82, 2.24) is 10.6 Å². The Labute approximate surface area is 95.2 Å². The smallest absolute Gasteiger partial charge is 0.00180 e. The lowest BCUT2D eigenvalue weighted by Crippen LogP contribution is -2.27. The summed E-state index contributed by atoms with van der Waals surface area (Å²) in [6.07, 6.45) is 6.85. The van der Waals surface area contributed by atoms with Gasteiger partial charge in [-0.1, -0.05) is 26.7 Å². The molecular weight excluding hydrogens is 184 g/mol. The Kier molecular flexibility index (Phi) is 7.03. The van der Waals surface area contributed by atoms with E-state index in [-0.39, 0.29) is 0 Å². The molecule has 90 valence electrons. The van der Waals surface area contributed by atoms with Crippen molar-refractivity contribution in [1.29, 1.82) is 0 Å². The van der Waals surface area contributed by atoms with E-state index in [1.807, 2.05) is 0 Å². The van der Waals surface area contributed by atoms with Gasteiger partial charge in [0.1, 0.15) is 0 Å². The summed E-state index contributed by atoms with van der Waals surface area (Å²) in [5.74, 6) is 1.91. The highest BCUT2D eigenvalue weighted by atomic mass is 14.9. The summed E-state index contributed by atoms with van der Waals surface area (Å²) in [6.45, 7) is 9.38. The second-order valence-corrected chi connectivity index (χ2v) is 4.98. The highest BCUT2D eigenvalue weighted by Gasteiger charge is 2.22. The molecule has 0 saturated heterocycles. The zero-order valence-corrected chi connectivity index (χ0v) is 10.5. The van der Waals surface area contributed by atoms with E-state index in [1.54, 1.807) is 0 Å². The molecule has 2 atom stereocenters. The maximum absolute atomic E-state index is 3.59. The van der Waals surface area contributed by atoms with E-state index in [1.165, 1.54) is 58.3 Å². The molecule has 0 bridgehead atoms. The highest BCUT2D eigenvalue weighted by Crippen LogP contribution is 2.30. The van der Waals surface area contributed by atoms with Gasteiger partial charge in [-0.2, -0.15) is 0 Å². The van der Waals surface area contributed by atoms with Crippen LogP contribution in [0.4, 0.5) is 0 Å². The first-order valence-corrected chi connectivity index (χ1v) is 6.76. The molecule has 0 amide bonds. The molecule has 1 aliphatic rings. The third-order valence-corrected chi connectivity index (χ3v) is 3.58. The number of nitrogens with one attached hydrogen (secondary N) is 2. The Morgan fingerprint density at radius 2 is 1.87 bits per heavy atom. The van der Waals surface area contributed by atoms with Crippen LogP contribution in [0.5, 0.6) is 0 Å². The van der Waals surface area contributed by atoms with Crippen molar-refractivity contribution >= 4 is 0 Å². The van der Waals surface area contributed by atoms with Crippen LogP contribution in [-0.2, 0) is 0 Å². The maximum atomic E-state index is 3.59. The van der Waals surface area contributed by atoms with E-state index in [2.05, 4.69) is 24.5 Å². The molecule has 15 heavy (non-hydrogen) atoms. The summed E-state index contributed by atoms with van der Waals surface area (Å²) in [5.41, 5.74) is 0. The minimum atomic E-state index is 0.952. The van der Waals surface area contributed by atoms with Crippen molar-refractivity contribution in [2.75, 3.05) is 26.2 Å². The molecule has 2 nitrogen and oxygen atoms in total. The fourth-order valence-corrected chi connectivity index (χ4v) is 2.45. The third-order valence-electron chi connectivity index (χ3n) is 3.58. The fourth-order valence-electron chi connectivity index (χ4n) is 2.45. The number of hydrogen-bond acceptors (Lipinski definition) is 2. The lowest BCUT2D eigenvalue weighted by molar-refractivity contribution is 0.391. The molecule has 1 saturated carbocycles. The topological polar surface area (TPSA) is 24.1 Å². The van der Waals surface area contributed by atoms with Gasteiger partial charge < -0.3 is 10.6 Å². The van der Waals surface area contributed by atoms with Crippen LogP contribution in [0, 0.1) is 11.8 Å². The summed E-state index contributed by atoms with van der Waals surface area (Å²) < 4.78 is 0. The van der Waals surface area contributed by atoms with Gasteiger partial charge in [0.05, 0.1) is 0 Å². The molecule has 1 rings (SSSR count). The Morgan fingerprint density at radius 3 is 2.53 bits per heavy atom. The average Bonchev–Trinajstić information content (AvgIpc) is 2.63. The van der Waals surface area contributed by atoms with E-state index < -0.39 is 0 Å². The summed E-state index contributed by atoms with van der Waals surface area (Å²) in [5, 5.41) is 7.03. The Hall–Kier alpha value is -0.0800. The van der Waals surface area contributed by atoms with Crippen molar-refractivity contribution in [3.8, 4) is 0 Å². The Balaban J connectivity index is 1.84. The van der Waals surface area contributed by atoms with Crippen LogP contribution in [0.15, 0.2) is 0 Å². The molecule has 0 radical (unpaired) electrons. The lowest BCUT2D eigenvalue weighted by Gasteiger charge is -2.15. The molecule has 0 aliphatic heterocycles. The van der Waals surface area contributed by atoms with Gasteiger partial charge in [-0.25, -0.2) is 0 Å². The fraction of sp³-hybridized carbons (Fsp3) is 1.00. The minimum absolute atomic E-state index is 0.952. The van der Waals surface area contributed by atoms with E-state index in [0.717, 1.165) is 11.8 Å². The van der Waals surface area contributed by atoms with Crippen LogP contribution in [0.3, 0.4) is 0 Å².